The molecule has 0 unspecified atom stereocenters. The fraction of sp³-hybridized carbons (Fsp3) is 0.364. The number of carbonyl (C=O) groups is 1. The predicted molar refractivity (Wildman–Crippen MR) is 117 cm³/mol. The van der Waals surface area contributed by atoms with Crippen LogP contribution in [-0.2, 0) is 17.9 Å². The van der Waals surface area contributed by atoms with Gasteiger partial charge in [-0.25, -0.2) is 0 Å². The van der Waals surface area contributed by atoms with Gasteiger partial charge in [0.05, 0.1) is 7.11 Å². The Balaban J connectivity index is 1.97. The van der Waals surface area contributed by atoms with E-state index in [1.807, 2.05) is 31.2 Å². The number of anilines is 1. The number of rotatable bonds is 10. The van der Waals surface area contributed by atoms with Crippen molar-refractivity contribution in [3.05, 3.63) is 53.6 Å². The van der Waals surface area contributed by atoms with Crippen molar-refractivity contribution in [3.8, 4) is 11.5 Å². The number of benzene rings is 2. The van der Waals surface area contributed by atoms with Crippen molar-refractivity contribution in [1.29, 1.82) is 0 Å². The minimum Gasteiger partial charge on any atom is -0.497 e. The van der Waals surface area contributed by atoms with E-state index in [9.17, 15) is 13.6 Å². The van der Waals surface area contributed by atoms with Gasteiger partial charge in [-0.3, -0.25) is 9.79 Å². The average molecular weight is 434 g/mol. The summed E-state index contributed by atoms with van der Waals surface area (Å²) in [4.78, 5) is 15.9. The molecule has 0 spiro atoms. The van der Waals surface area contributed by atoms with Gasteiger partial charge in [0.25, 0.3) is 0 Å². The fourth-order valence-corrected chi connectivity index (χ4v) is 2.83. The third-order valence-corrected chi connectivity index (χ3v) is 4.30. The molecule has 0 heterocycles. The summed E-state index contributed by atoms with van der Waals surface area (Å²) in [5.74, 6) is 1.05. The van der Waals surface area contributed by atoms with E-state index < -0.39 is 6.61 Å². The lowest BCUT2D eigenvalue weighted by Crippen LogP contribution is -2.36. The Morgan fingerprint density at radius 3 is 2.58 bits per heavy atom. The highest BCUT2D eigenvalue weighted by Gasteiger charge is 2.12. The molecule has 3 N–H and O–H groups in total. The van der Waals surface area contributed by atoms with Gasteiger partial charge in [0, 0.05) is 37.8 Å². The number of halogens is 2. The van der Waals surface area contributed by atoms with Gasteiger partial charge >= 0.3 is 6.61 Å². The number of ether oxygens (including phenoxy) is 2. The number of aliphatic imine (C=N–C) groups is 1. The third kappa shape index (κ3) is 8.12. The van der Waals surface area contributed by atoms with Crippen molar-refractivity contribution < 1.29 is 23.0 Å². The highest BCUT2D eigenvalue weighted by atomic mass is 19.3. The molecule has 0 bridgehead atoms. The van der Waals surface area contributed by atoms with Crippen LogP contribution in [0.2, 0.25) is 0 Å². The van der Waals surface area contributed by atoms with E-state index >= 15 is 0 Å². The minimum absolute atomic E-state index is 0.0230. The van der Waals surface area contributed by atoms with Crippen LogP contribution >= 0.6 is 0 Å². The zero-order valence-corrected chi connectivity index (χ0v) is 17.9. The SMILES string of the molecule is CCCC(=O)Nc1cccc(CNC(=NC)NCc2cc(OC)ccc2OC(F)F)c1. The highest BCUT2D eigenvalue weighted by molar-refractivity contribution is 5.90. The van der Waals surface area contributed by atoms with Crippen LogP contribution in [-0.4, -0.2) is 32.6 Å². The molecular formula is C22H28F2N4O3. The molecule has 0 saturated heterocycles. The summed E-state index contributed by atoms with van der Waals surface area (Å²) in [6.45, 7) is -0.316. The Morgan fingerprint density at radius 2 is 1.90 bits per heavy atom. The Morgan fingerprint density at radius 1 is 1.13 bits per heavy atom. The number of hydrogen-bond acceptors (Lipinski definition) is 4. The Hall–Kier alpha value is -3.36. The molecule has 0 atom stereocenters. The second-order valence-corrected chi connectivity index (χ2v) is 6.63. The third-order valence-electron chi connectivity index (χ3n) is 4.30. The summed E-state index contributed by atoms with van der Waals surface area (Å²) in [5.41, 5.74) is 2.18. The maximum absolute atomic E-state index is 12.7. The molecule has 2 aromatic rings. The average Bonchev–Trinajstić information content (AvgIpc) is 2.74. The van der Waals surface area contributed by atoms with Gasteiger partial charge in [-0.1, -0.05) is 19.1 Å². The predicted octanol–water partition coefficient (Wildman–Crippen LogP) is 3.90. The smallest absolute Gasteiger partial charge is 0.387 e. The quantitative estimate of drug-likeness (QED) is 0.390. The number of amides is 1. The van der Waals surface area contributed by atoms with E-state index in [4.69, 9.17) is 4.74 Å². The van der Waals surface area contributed by atoms with E-state index in [2.05, 4.69) is 25.7 Å². The van der Waals surface area contributed by atoms with E-state index in [1.54, 1.807) is 19.2 Å². The highest BCUT2D eigenvalue weighted by Crippen LogP contribution is 2.25. The van der Waals surface area contributed by atoms with E-state index in [0.29, 0.717) is 30.2 Å². The number of nitrogens with one attached hydrogen (secondary N) is 3. The summed E-state index contributed by atoms with van der Waals surface area (Å²) >= 11 is 0. The molecular weight excluding hydrogens is 406 g/mol. The van der Waals surface area contributed by atoms with Crippen LogP contribution in [0.4, 0.5) is 14.5 Å². The summed E-state index contributed by atoms with van der Waals surface area (Å²) in [6, 6.07) is 12.1. The van der Waals surface area contributed by atoms with Crippen molar-refractivity contribution >= 4 is 17.6 Å². The first-order valence-electron chi connectivity index (χ1n) is 9.90. The minimum atomic E-state index is -2.92. The van der Waals surface area contributed by atoms with E-state index in [-0.39, 0.29) is 18.2 Å². The number of methoxy groups -OCH3 is 1. The Bertz CT molecular complexity index is 891. The van der Waals surface area contributed by atoms with E-state index in [0.717, 1.165) is 17.7 Å². The van der Waals surface area contributed by atoms with E-state index in [1.165, 1.54) is 13.2 Å². The second kappa shape index (κ2) is 12.4. The lowest BCUT2D eigenvalue weighted by Gasteiger charge is -2.16. The molecule has 31 heavy (non-hydrogen) atoms. The standard InChI is InChI=1S/C22H28F2N4O3/c1-4-6-20(29)28-17-8-5-7-15(11-17)13-26-22(25-2)27-14-16-12-18(30-3)9-10-19(16)31-21(23)24/h5,7-12,21H,4,6,13-14H2,1-3H3,(H,28,29)(H2,25,26,27). The molecule has 0 saturated carbocycles. The van der Waals surface area contributed by atoms with Crippen LogP contribution in [0.5, 0.6) is 11.5 Å². The number of hydrogen-bond donors (Lipinski definition) is 3. The monoisotopic (exact) mass is 434 g/mol. The van der Waals surface area contributed by atoms with Crippen LogP contribution < -0.4 is 25.4 Å². The van der Waals surface area contributed by atoms with Crippen molar-refractivity contribution in [3.63, 3.8) is 0 Å². The first-order chi connectivity index (χ1) is 14.9. The van der Waals surface area contributed by atoms with Crippen LogP contribution in [0, 0.1) is 0 Å². The fourth-order valence-electron chi connectivity index (χ4n) is 2.83. The molecule has 0 aromatic heterocycles. The van der Waals surface area contributed by atoms with Gasteiger partial charge in [0.15, 0.2) is 5.96 Å². The maximum Gasteiger partial charge on any atom is 0.387 e. The second-order valence-electron chi connectivity index (χ2n) is 6.63. The van der Waals surface area contributed by atoms with Gasteiger partial charge in [-0.15, -0.1) is 0 Å². The maximum atomic E-state index is 12.7. The lowest BCUT2D eigenvalue weighted by molar-refractivity contribution is -0.116. The van der Waals surface area contributed by atoms with Gasteiger partial charge in [0.1, 0.15) is 11.5 Å². The zero-order chi connectivity index (χ0) is 22.6. The molecule has 2 rings (SSSR count). The number of carbonyl (C=O) groups excluding carboxylic acids is 1. The van der Waals surface area contributed by atoms with Crippen LogP contribution in [0.1, 0.15) is 30.9 Å². The normalized spacial score (nSPS) is 11.2. The summed E-state index contributed by atoms with van der Waals surface area (Å²) < 4.78 is 35.1. The number of alkyl halides is 2. The zero-order valence-electron chi connectivity index (χ0n) is 17.9. The molecule has 2 aromatic carbocycles. The number of guanidine groups is 1. The summed E-state index contributed by atoms with van der Waals surface area (Å²) in [7, 11) is 3.11. The summed E-state index contributed by atoms with van der Waals surface area (Å²) in [6.07, 6.45) is 1.26. The summed E-state index contributed by atoms with van der Waals surface area (Å²) in [5, 5.41) is 9.09. The Kier molecular flexibility index (Phi) is 9.54. The molecule has 0 radical (unpaired) electrons. The topological polar surface area (TPSA) is 84.0 Å². The van der Waals surface area contributed by atoms with Crippen LogP contribution in [0.3, 0.4) is 0 Å². The molecule has 1 amide bonds. The van der Waals surface area contributed by atoms with Gasteiger partial charge < -0.3 is 25.4 Å². The lowest BCUT2D eigenvalue weighted by atomic mass is 10.2. The van der Waals surface area contributed by atoms with Gasteiger partial charge in [-0.05, 0) is 42.3 Å². The first-order valence-corrected chi connectivity index (χ1v) is 9.90. The van der Waals surface area contributed by atoms with Crippen molar-refractivity contribution in [2.24, 2.45) is 4.99 Å². The van der Waals surface area contributed by atoms with Crippen molar-refractivity contribution in [2.45, 2.75) is 39.5 Å². The molecule has 0 aliphatic carbocycles. The first kappa shape index (κ1) is 23.9. The molecule has 0 fully saturated rings. The molecule has 9 heteroatoms. The largest absolute Gasteiger partial charge is 0.497 e. The molecule has 168 valence electrons. The van der Waals surface area contributed by atoms with Gasteiger partial charge in [-0.2, -0.15) is 8.78 Å². The Labute approximate surface area is 180 Å². The molecule has 7 nitrogen and oxygen atoms in total. The van der Waals surface area contributed by atoms with Crippen molar-refractivity contribution in [1.82, 2.24) is 10.6 Å². The van der Waals surface area contributed by atoms with Crippen LogP contribution in [0.15, 0.2) is 47.5 Å². The van der Waals surface area contributed by atoms with Crippen molar-refractivity contribution in [2.75, 3.05) is 19.5 Å². The molecule has 0 aliphatic rings. The van der Waals surface area contributed by atoms with Crippen LogP contribution in [0.25, 0.3) is 0 Å². The number of nitrogens with zero attached hydrogens (tertiary/aromatic N) is 1. The van der Waals surface area contributed by atoms with Gasteiger partial charge in [0.2, 0.25) is 5.91 Å². The molecule has 0 aliphatic heterocycles.